The molecule has 0 spiro atoms. The van der Waals surface area contributed by atoms with Gasteiger partial charge < -0.3 is 23.9 Å². The van der Waals surface area contributed by atoms with Gasteiger partial charge in [-0.2, -0.15) is 0 Å². The molecule has 180 valence electrons. The molecular weight excluding hydrogens is 470 g/mol. The number of fused-ring (bicyclic) bond motifs is 1. The van der Waals surface area contributed by atoms with Crippen molar-refractivity contribution in [3.8, 4) is 28.6 Å². The van der Waals surface area contributed by atoms with Crippen LogP contribution in [-0.2, 0) is 4.79 Å². The predicted octanol–water partition coefficient (Wildman–Crippen LogP) is 5.85. The number of nitrogens with one attached hydrogen (secondary N) is 1. The van der Waals surface area contributed by atoms with Gasteiger partial charge in [0.15, 0.2) is 12.4 Å². The SMILES string of the molecule is CCOc1ccccc1NC(=O)COc1c(-c2ccc(OC)cc2)oc2cc(C)c(Cl)cc2c1=O. The highest BCUT2D eigenvalue weighted by molar-refractivity contribution is 6.32. The molecule has 0 unspecified atom stereocenters. The molecule has 0 aliphatic rings. The van der Waals surface area contributed by atoms with E-state index in [1.165, 1.54) is 0 Å². The summed E-state index contributed by atoms with van der Waals surface area (Å²) < 4.78 is 22.6. The number of ether oxygens (including phenoxy) is 3. The van der Waals surface area contributed by atoms with Gasteiger partial charge in [-0.25, -0.2) is 0 Å². The number of rotatable bonds is 8. The Morgan fingerprint density at radius 2 is 1.80 bits per heavy atom. The van der Waals surface area contributed by atoms with Crippen molar-refractivity contribution in [2.45, 2.75) is 13.8 Å². The molecule has 3 aromatic carbocycles. The van der Waals surface area contributed by atoms with Crippen molar-refractivity contribution in [2.24, 2.45) is 0 Å². The number of methoxy groups -OCH3 is 1. The molecule has 0 aliphatic carbocycles. The normalized spacial score (nSPS) is 10.7. The fraction of sp³-hybridized carbons (Fsp3) is 0.185. The lowest BCUT2D eigenvalue weighted by Crippen LogP contribution is -2.23. The fourth-order valence-electron chi connectivity index (χ4n) is 3.54. The minimum Gasteiger partial charge on any atom is -0.497 e. The van der Waals surface area contributed by atoms with Crippen molar-refractivity contribution in [2.75, 3.05) is 25.6 Å². The molecule has 0 radical (unpaired) electrons. The van der Waals surface area contributed by atoms with E-state index in [1.807, 2.05) is 19.9 Å². The number of hydrogen-bond donors (Lipinski definition) is 1. The van der Waals surface area contributed by atoms with Crippen molar-refractivity contribution < 1.29 is 23.4 Å². The first-order chi connectivity index (χ1) is 16.9. The third-order valence-corrected chi connectivity index (χ3v) is 5.70. The van der Waals surface area contributed by atoms with E-state index in [9.17, 15) is 9.59 Å². The van der Waals surface area contributed by atoms with E-state index in [2.05, 4.69) is 5.32 Å². The molecular formula is C27H24ClNO6. The lowest BCUT2D eigenvalue weighted by Gasteiger charge is -2.14. The number of carbonyl (C=O) groups is 1. The van der Waals surface area contributed by atoms with E-state index < -0.39 is 17.9 Å². The van der Waals surface area contributed by atoms with Gasteiger partial charge in [0, 0.05) is 10.6 Å². The Bertz CT molecular complexity index is 1430. The van der Waals surface area contributed by atoms with Gasteiger partial charge >= 0.3 is 0 Å². The number of amides is 1. The van der Waals surface area contributed by atoms with Gasteiger partial charge in [0.2, 0.25) is 11.2 Å². The van der Waals surface area contributed by atoms with Crippen LogP contribution in [0, 0.1) is 6.92 Å². The quantitative estimate of drug-likeness (QED) is 0.331. The number of halogens is 1. The smallest absolute Gasteiger partial charge is 0.262 e. The molecule has 1 aromatic heterocycles. The van der Waals surface area contributed by atoms with E-state index in [4.69, 9.17) is 30.2 Å². The van der Waals surface area contributed by atoms with Gasteiger partial charge in [-0.15, -0.1) is 0 Å². The zero-order valence-electron chi connectivity index (χ0n) is 19.5. The Hall–Kier alpha value is -3.97. The van der Waals surface area contributed by atoms with E-state index in [0.717, 1.165) is 5.56 Å². The summed E-state index contributed by atoms with van der Waals surface area (Å²) in [5, 5.41) is 3.44. The number of aryl methyl sites for hydroxylation is 1. The molecule has 0 saturated heterocycles. The van der Waals surface area contributed by atoms with E-state index in [0.29, 0.717) is 40.0 Å². The van der Waals surface area contributed by atoms with Crippen LogP contribution in [0.25, 0.3) is 22.3 Å². The number of anilines is 1. The summed E-state index contributed by atoms with van der Waals surface area (Å²) in [5.41, 5.74) is 1.80. The summed E-state index contributed by atoms with van der Waals surface area (Å²) in [7, 11) is 1.56. The van der Waals surface area contributed by atoms with E-state index in [1.54, 1.807) is 61.7 Å². The Morgan fingerprint density at radius 3 is 2.51 bits per heavy atom. The van der Waals surface area contributed by atoms with Crippen LogP contribution in [0.5, 0.6) is 17.2 Å². The number of hydrogen-bond acceptors (Lipinski definition) is 6. The summed E-state index contributed by atoms with van der Waals surface area (Å²) in [6.07, 6.45) is 0. The standard InChI is InChI=1S/C27H24ClNO6/c1-4-33-22-8-6-5-7-21(22)29-24(30)15-34-27-25(31)19-14-20(28)16(2)13-23(19)35-26(27)17-9-11-18(32-3)12-10-17/h5-14H,4,15H2,1-3H3,(H,29,30). The molecule has 1 heterocycles. The molecule has 8 heteroatoms. The van der Waals surface area contributed by atoms with Crippen LogP contribution in [0.4, 0.5) is 5.69 Å². The molecule has 7 nitrogen and oxygen atoms in total. The lowest BCUT2D eigenvalue weighted by atomic mass is 10.1. The monoisotopic (exact) mass is 493 g/mol. The van der Waals surface area contributed by atoms with Gasteiger partial charge in [0.25, 0.3) is 5.91 Å². The van der Waals surface area contributed by atoms with Crippen molar-refractivity contribution >= 4 is 34.2 Å². The average Bonchev–Trinajstić information content (AvgIpc) is 2.86. The number of carbonyl (C=O) groups excluding carboxylic acids is 1. The van der Waals surface area contributed by atoms with Crippen molar-refractivity contribution in [3.05, 3.63) is 81.5 Å². The molecule has 1 N–H and O–H groups in total. The Kier molecular flexibility index (Phi) is 7.27. The van der Waals surface area contributed by atoms with Crippen LogP contribution in [0.15, 0.2) is 69.9 Å². The first kappa shape index (κ1) is 24.2. The minimum atomic E-state index is -0.459. The summed E-state index contributed by atoms with van der Waals surface area (Å²) in [5.74, 6) is 0.844. The van der Waals surface area contributed by atoms with Crippen LogP contribution in [0.1, 0.15) is 12.5 Å². The molecule has 4 aromatic rings. The topological polar surface area (TPSA) is 87.0 Å². The molecule has 0 atom stereocenters. The Labute approximate surface area is 207 Å². The van der Waals surface area contributed by atoms with Crippen LogP contribution in [-0.4, -0.2) is 26.2 Å². The van der Waals surface area contributed by atoms with Crippen LogP contribution < -0.4 is 25.0 Å². The van der Waals surface area contributed by atoms with Crippen molar-refractivity contribution in [3.63, 3.8) is 0 Å². The van der Waals surface area contributed by atoms with E-state index in [-0.39, 0.29) is 16.9 Å². The molecule has 1 amide bonds. The summed E-state index contributed by atoms with van der Waals surface area (Å²) >= 11 is 6.25. The van der Waals surface area contributed by atoms with Gasteiger partial charge in [0.05, 0.1) is 24.8 Å². The zero-order chi connectivity index (χ0) is 24.9. The molecule has 35 heavy (non-hydrogen) atoms. The lowest BCUT2D eigenvalue weighted by molar-refractivity contribution is -0.118. The summed E-state index contributed by atoms with van der Waals surface area (Å²) in [6.45, 7) is 3.72. The predicted molar refractivity (Wildman–Crippen MR) is 136 cm³/mol. The van der Waals surface area contributed by atoms with Gasteiger partial charge in [-0.3, -0.25) is 9.59 Å². The minimum absolute atomic E-state index is 0.0872. The third-order valence-electron chi connectivity index (χ3n) is 5.29. The zero-order valence-corrected chi connectivity index (χ0v) is 20.3. The van der Waals surface area contributed by atoms with Gasteiger partial charge in [-0.05, 0) is 67.9 Å². The third kappa shape index (κ3) is 5.25. The van der Waals surface area contributed by atoms with Crippen molar-refractivity contribution in [1.29, 1.82) is 0 Å². The van der Waals surface area contributed by atoms with Crippen LogP contribution in [0.2, 0.25) is 5.02 Å². The second kappa shape index (κ2) is 10.5. The van der Waals surface area contributed by atoms with Crippen molar-refractivity contribution in [1.82, 2.24) is 0 Å². The highest BCUT2D eigenvalue weighted by atomic mass is 35.5. The maximum Gasteiger partial charge on any atom is 0.262 e. The van der Waals surface area contributed by atoms with Crippen LogP contribution >= 0.6 is 11.6 Å². The first-order valence-electron chi connectivity index (χ1n) is 11.0. The molecule has 0 saturated carbocycles. The molecule has 0 aliphatic heterocycles. The Balaban J connectivity index is 1.69. The largest absolute Gasteiger partial charge is 0.497 e. The molecule has 0 bridgehead atoms. The first-order valence-corrected chi connectivity index (χ1v) is 11.3. The molecule has 4 rings (SSSR count). The van der Waals surface area contributed by atoms with Crippen LogP contribution in [0.3, 0.4) is 0 Å². The Morgan fingerprint density at radius 1 is 1.06 bits per heavy atom. The second-order valence-electron chi connectivity index (χ2n) is 7.68. The number of benzene rings is 3. The number of para-hydroxylation sites is 2. The molecule has 0 fully saturated rings. The maximum absolute atomic E-state index is 13.4. The highest BCUT2D eigenvalue weighted by Gasteiger charge is 2.20. The van der Waals surface area contributed by atoms with Gasteiger partial charge in [0.1, 0.15) is 17.1 Å². The summed E-state index contributed by atoms with van der Waals surface area (Å²) in [4.78, 5) is 26.1. The second-order valence-corrected chi connectivity index (χ2v) is 8.09. The van der Waals surface area contributed by atoms with Gasteiger partial charge in [-0.1, -0.05) is 23.7 Å². The maximum atomic E-state index is 13.4. The van der Waals surface area contributed by atoms with E-state index >= 15 is 0 Å². The highest BCUT2D eigenvalue weighted by Crippen LogP contribution is 2.33. The fourth-order valence-corrected chi connectivity index (χ4v) is 3.70. The summed E-state index contributed by atoms with van der Waals surface area (Å²) in [6, 6.07) is 17.3. The average molecular weight is 494 g/mol.